The predicted molar refractivity (Wildman–Crippen MR) is 85.1 cm³/mol. The maximum Gasteiger partial charge on any atom is 0.261 e. The van der Waals surface area contributed by atoms with Crippen molar-refractivity contribution in [2.75, 3.05) is 6.54 Å². The third-order valence-electron chi connectivity index (χ3n) is 3.48. The van der Waals surface area contributed by atoms with Crippen LogP contribution in [0, 0.1) is 0 Å². The molecule has 0 aliphatic carbocycles. The van der Waals surface area contributed by atoms with Gasteiger partial charge in [0.05, 0.1) is 10.9 Å². The molecule has 4 heteroatoms. The number of nitrogens with zero attached hydrogens (tertiary/aromatic N) is 2. The summed E-state index contributed by atoms with van der Waals surface area (Å²) < 4.78 is 1.73. The van der Waals surface area contributed by atoms with Crippen LogP contribution in [0.25, 0.3) is 22.3 Å². The highest BCUT2D eigenvalue weighted by molar-refractivity contribution is 5.79. The normalized spacial score (nSPS) is 10.9. The van der Waals surface area contributed by atoms with Crippen LogP contribution in [0.5, 0.6) is 0 Å². The summed E-state index contributed by atoms with van der Waals surface area (Å²) in [4.78, 5) is 17.4. The zero-order valence-corrected chi connectivity index (χ0v) is 11.7. The van der Waals surface area contributed by atoms with Gasteiger partial charge in [-0.25, -0.2) is 4.98 Å². The maximum atomic E-state index is 12.7. The molecule has 2 N–H and O–H groups in total. The van der Waals surface area contributed by atoms with E-state index in [0.717, 1.165) is 17.5 Å². The average molecular weight is 279 g/mol. The van der Waals surface area contributed by atoms with E-state index in [-0.39, 0.29) is 5.56 Å². The minimum absolute atomic E-state index is 0.00657. The molecule has 0 unspecified atom stereocenters. The van der Waals surface area contributed by atoms with Crippen LogP contribution in [0.4, 0.5) is 0 Å². The van der Waals surface area contributed by atoms with Crippen LogP contribution in [0.15, 0.2) is 59.4 Å². The van der Waals surface area contributed by atoms with Crippen molar-refractivity contribution in [2.24, 2.45) is 5.73 Å². The first-order valence-electron chi connectivity index (χ1n) is 7.06. The van der Waals surface area contributed by atoms with Gasteiger partial charge >= 0.3 is 0 Å². The van der Waals surface area contributed by atoms with Crippen molar-refractivity contribution >= 4 is 10.9 Å². The van der Waals surface area contributed by atoms with Gasteiger partial charge in [-0.15, -0.1) is 0 Å². The van der Waals surface area contributed by atoms with E-state index < -0.39 is 0 Å². The number of hydrogen-bond acceptors (Lipinski definition) is 3. The van der Waals surface area contributed by atoms with Crippen molar-refractivity contribution in [3.05, 3.63) is 65.0 Å². The van der Waals surface area contributed by atoms with Crippen molar-refractivity contribution in [3.8, 4) is 11.4 Å². The minimum atomic E-state index is -0.00657. The van der Waals surface area contributed by atoms with E-state index in [1.165, 1.54) is 0 Å². The summed E-state index contributed by atoms with van der Waals surface area (Å²) >= 11 is 0. The van der Waals surface area contributed by atoms with Crippen LogP contribution in [-0.2, 0) is 6.54 Å². The second-order valence-corrected chi connectivity index (χ2v) is 4.92. The van der Waals surface area contributed by atoms with Crippen LogP contribution >= 0.6 is 0 Å². The number of fused-ring (bicyclic) bond motifs is 1. The molecule has 0 aliphatic rings. The van der Waals surface area contributed by atoms with E-state index in [1.54, 1.807) is 4.57 Å². The van der Waals surface area contributed by atoms with E-state index in [2.05, 4.69) is 4.98 Å². The molecule has 3 aromatic rings. The number of para-hydroxylation sites is 1. The van der Waals surface area contributed by atoms with E-state index in [9.17, 15) is 4.79 Å². The standard InChI is InChI=1S/C17H17N3O/c18-11-6-12-20-16(13-7-2-1-3-8-13)19-15-10-5-4-9-14(15)17(20)21/h1-5,7-10H,6,11-12,18H2. The summed E-state index contributed by atoms with van der Waals surface area (Å²) in [6, 6.07) is 17.2. The Balaban J connectivity index is 2.28. The number of benzene rings is 2. The molecule has 3 rings (SSSR count). The Morgan fingerprint density at radius 2 is 1.71 bits per heavy atom. The lowest BCUT2D eigenvalue weighted by Gasteiger charge is -2.13. The Labute approximate surface area is 122 Å². The second-order valence-electron chi connectivity index (χ2n) is 4.92. The van der Waals surface area contributed by atoms with E-state index in [1.807, 2.05) is 54.6 Å². The van der Waals surface area contributed by atoms with Crippen molar-refractivity contribution < 1.29 is 0 Å². The van der Waals surface area contributed by atoms with Crippen molar-refractivity contribution in [3.63, 3.8) is 0 Å². The summed E-state index contributed by atoms with van der Waals surface area (Å²) in [6.07, 6.45) is 0.750. The van der Waals surface area contributed by atoms with Gasteiger partial charge in [0.2, 0.25) is 0 Å². The first-order chi connectivity index (χ1) is 10.3. The highest BCUT2D eigenvalue weighted by Crippen LogP contribution is 2.18. The van der Waals surface area contributed by atoms with Gasteiger partial charge < -0.3 is 5.73 Å². The van der Waals surface area contributed by atoms with Gasteiger partial charge in [-0.3, -0.25) is 9.36 Å². The van der Waals surface area contributed by atoms with Crippen molar-refractivity contribution in [1.82, 2.24) is 9.55 Å². The molecular weight excluding hydrogens is 262 g/mol. The molecule has 106 valence electrons. The quantitative estimate of drug-likeness (QED) is 0.797. The number of aromatic nitrogens is 2. The molecule has 0 saturated carbocycles. The molecule has 0 spiro atoms. The van der Waals surface area contributed by atoms with Gasteiger partial charge in [0.1, 0.15) is 5.82 Å². The first kappa shape index (κ1) is 13.5. The second kappa shape index (κ2) is 5.89. The van der Waals surface area contributed by atoms with Gasteiger partial charge in [-0.05, 0) is 25.1 Å². The van der Waals surface area contributed by atoms with E-state index in [0.29, 0.717) is 24.3 Å². The predicted octanol–water partition coefficient (Wildman–Crippen LogP) is 2.41. The van der Waals surface area contributed by atoms with Gasteiger partial charge in [0.15, 0.2) is 0 Å². The Bertz CT molecular complexity index is 809. The summed E-state index contributed by atoms with van der Waals surface area (Å²) in [6.45, 7) is 1.13. The van der Waals surface area contributed by atoms with Crippen molar-refractivity contribution in [2.45, 2.75) is 13.0 Å². The summed E-state index contributed by atoms with van der Waals surface area (Å²) in [5, 5.41) is 0.647. The van der Waals surface area contributed by atoms with E-state index in [4.69, 9.17) is 5.73 Å². The minimum Gasteiger partial charge on any atom is -0.330 e. The topological polar surface area (TPSA) is 60.9 Å². The van der Waals surface area contributed by atoms with Gasteiger partial charge in [-0.2, -0.15) is 0 Å². The molecule has 0 amide bonds. The molecule has 0 saturated heterocycles. The van der Waals surface area contributed by atoms with Crippen LogP contribution in [0.3, 0.4) is 0 Å². The highest BCUT2D eigenvalue weighted by atomic mass is 16.1. The van der Waals surface area contributed by atoms with Crippen LogP contribution in [0.2, 0.25) is 0 Å². The van der Waals surface area contributed by atoms with Crippen molar-refractivity contribution in [1.29, 1.82) is 0 Å². The Hall–Kier alpha value is -2.46. The largest absolute Gasteiger partial charge is 0.330 e. The fourth-order valence-electron chi connectivity index (χ4n) is 2.43. The van der Waals surface area contributed by atoms with Crippen LogP contribution in [0.1, 0.15) is 6.42 Å². The molecule has 2 aromatic carbocycles. The number of hydrogen-bond donors (Lipinski definition) is 1. The monoisotopic (exact) mass is 279 g/mol. The van der Waals surface area contributed by atoms with E-state index >= 15 is 0 Å². The third kappa shape index (κ3) is 2.58. The zero-order chi connectivity index (χ0) is 14.7. The van der Waals surface area contributed by atoms with Gasteiger partial charge in [0.25, 0.3) is 5.56 Å². The molecule has 1 aromatic heterocycles. The lowest BCUT2D eigenvalue weighted by atomic mass is 10.1. The molecule has 4 nitrogen and oxygen atoms in total. The molecule has 0 radical (unpaired) electrons. The molecule has 1 heterocycles. The lowest BCUT2D eigenvalue weighted by Crippen LogP contribution is -2.24. The summed E-state index contributed by atoms with van der Waals surface area (Å²) in [7, 11) is 0. The summed E-state index contributed by atoms with van der Waals surface area (Å²) in [5.41, 5.74) is 7.25. The highest BCUT2D eigenvalue weighted by Gasteiger charge is 2.11. The van der Waals surface area contributed by atoms with Gasteiger partial charge in [0, 0.05) is 12.1 Å². The fraction of sp³-hybridized carbons (Fsp3) is 0.176. The fourth-order valence-corrected chi connectivity index (χ4v) is 2.43. The average Bonchev–Trinajstić information content (AvgIpc) is 2.55. The molecule has 0 atom stereocenters. The number of nitrogens with two attached hydrogens (primary N) is 1. The molecule has 0 fully saturated rings. The first-order valence-corrected chi connectivity index (χ1v) is 7.06. The molecule has 0 bridgehead atoms. The van der Waals surface area contributed by atoms with Gasteiger partial charge in [-0.1, -0.05) is 42.5 Å². The maximum absolute atomic E-state index is 12.7. The Morgan fingerprint density at radius 1 is 1.00 bits per heavy atom. The SMILES string of the molecule is NCCCn1c(-c2ccccc2)nc2ccccc2c1=O. The summed E-state index contributed by atoms with van der Waals surface area (Å²) in [5.74, 6) is 0.702. The number of rotatable bonds is 4. The smallest absolute Gasteiger partial charge is 0.261 e. The third-order valence-corrected chi connectivity index (χ3v) is 3.48. The molecule has 21 heavy (non-hydrogen) atoms. The Kier molecular flexibility index (Phi) is 3.79. The van der Waals surface area contributed by atoms with Crippen LogP contribution in [-0.4, -0.2) is 16.1 Å². The molecular formula is C17H17N3O. The van der Waals surface area contributed by atoms with Crippen LogP contribution < -0.4 is 11.3 Å². The molecule has 0 aliphatic heterocycles. The lowest BCUT2D eigenvalue weighted by molar-refractivity contribution is 0.632. The zero-order valence-electron chi connectivity index (χ0n) is 11.7. The Morgan fingerprint density at radius 3 is 2.48 bits per heavy atom.